The maximum Gasteiger partial charge on any atom is 0.271 e. The van der Waals surface area contributed by atoms with E-state index in [9.17, 15) is 25.3 Å². The van der Waals surface area contributed by atoms with E-state index in [1.54, 1.807) is 24.3 Å². The number of nitro benzene ring substituents is 1. The zero-order chi connectivity index (χ0) is 18.8. The van der Waals surface area contributed by atoms with E-state index in [1.165, 1.54) is 25.3 Å². The minimum Gasteiger partial charge on any atom is -0.506 e. The number of Topliss-reactive ketones (excluding diaryl/α,β-unsaturated/α-hetero) is 1. The highest BCUT2D eigenvalue weighted by Gasteiger charge is 2.33. The van der Waals surface area contributed by atoms with E-state index >= 15 is 0 Å². The van der Waals surface area contributed by atoms with Crippen LogP contribution in [0, 0.1) is 21.4 Å². The highest BCUT2D eigenvalue weighted by Crippen LogP contribution is 2.35. The summed E-state index contributed by atoms with van der Waals surface area (Å²) >= 11 is 0. The van der Waals surface area contributed by atoms with Crippen LogP contribution < -0.4 is 4.74 Å². The number of nitro groups is 1. The molecule has 0 aliphatic heterocycles. The minimum absolute atomic E-state index is 0.00214. The standard InChI is InChI=1S/C18H11N3O5/c1-26-15-7-6-10(21(24)25)8-13(15)20-14(9-19)16-17(22)11-4-2-3-5-12(11)18(16)23/h2-8,22H,1H3. The van der Waals surface area contributed by atoms with E-state index in [2.05, 4.69) is 4.99 Å². The Hall–Kier alpha value is -3.99. The average Bonchev–Trinajstić information content (AvgIpc) is 2.91. The predicted molar refractivity (Wildman–Crippen MR) is 92.7 cm³/mol. The first kappa shape index (κ1) is 16.9. The summed E-state index contributed by atoms with van der Waals surface area (Å²) in [6.07, 6.45) is 0. The van der Waals surface area contributed by atoms with Gasteiger partial charge in [0, 0.05) is 23.3 Å². The summed E-state index contributed by atoms with van der Waals surface area (Å²) in [5, 5.41) is 30.8. The molecule has 0 bridgehead atoms. The minimum atomic E-state index is -0.613. The molecule has 26 heavy (non-hydrogen) atoms. The second-order valence-electron chi connectivity index (χ2n) is 5.28. The Morgan fingerprint density at radius 2 is 1.96 bits per heavy atom. The number of hydrogen-bond acceptors (Lipinski definition) is 7. The number of allylic oxidation sites excluding steroid dienone is 1. The molecule has 0 unspecified atom stereocenters. The van der Waals surface area contributed by atoms with Gasteiger partial charge in [-0.05, 0) is 6.07 Å². The number of non-ortho nitro benzene ring substituents is 1. The van der Waals surface area contributed by atoms with E-state index in [0.717, 1.165) is 6.07 Å². The van der Waals surface area contributed by atoms with Crippen LogP contribution in [0.3, 0.4) is 0 Å². The molecule has 128 valence electrons. The molecular weight excluding hydrogens is 338 g/mol. The molecule has 8 heteroatoms. The largest absolute Gasteiger partial charge is 0.506 e. The van der Waals surface area contributed by atoms with Gasteiger partial charge in [0.2, 0.25) is 0 Å². The number of nitriles is 1. The van der Waals surface area contributed by atoms with Crippen LogP contribution in [0.1, 0.15) is 15.9 Å². The summed E-state index contributed by atoms with van der Waals surface area (Å²) < 4.78 is 5.10. The number of nitrogens with zero attached hydrogens (tertiary/aromatic N) is 3. The number of carbonyl (C=O) groups is 1. The predicted octanol–water partition coefficient (Wildman–Crippen LogP) is 3.37. The number of aliphatic imine (C=N–C) groups is 1. The molecule has 2 aromatic carbocycles. The maximum atomic E-state index is 12.5. The lowest BCUT2D eigenvalue weighted by molar-refractivity contribution is -0.384. The van der Waals surface area contributed by atoms with Crippen molar-refractivity contribution in [3.63, 3.8) is 0 Å². The maximum absolute atomic E-state index is 12.5. The summed E-state index contributed by atoms with van der Waals surface area (Å²) in [4.78, 5) is 26.9. The van der Waals surface area contributed by atoms with Crippen LogP contribution in [0.2, 0.25) is 0 Å². The van der Waals surface area contributed by atoms with E-state index in [4.69, 9.17) is 4.74 Å². The lowest BCUT2D eigenvalue weighted by Crippen LogP contribution is -2.09. The van der Waals surface area contributed by atoms with Crippen molar-refractivity contribution in [3.05, 3.63) is 69.3 Å². The SMILES string of the molecule is COc1ccc([N+](=O)[O-])cc1N=C(C#N)C1=C(O)c2ccccc2C1=O. The normalized spacial score (nSPS) is 13.4. The quantitative estimate of drug-likeness (QED) is 0.512. The van der Waals surface area contributed by atoms with Crippen molar-refractivity contribution in [2.75, 3.05) is 7.11 Å². The van der Waals surface area contributed by atoms with Gasteiger partial charge >= 0.3 is 0 Å². The molecular formula is C18H11N3O5. The van der Waals surface area contributed by atoms with Crippen molar-refractivity contribution < 1.29 is 19.6 Å². The van der Waals surface area contributed by atoms with Gasteiger partial charge in [-0.15, -0.1) is 0 Å². The highest BCUT2D eigenvalue weighted by atomic mass is 16.6. The van der Waals surface area contributed by atoms with Crippen molar-refractivity contribution >= 4 is 28.6 Å². The Morgan fingerprint density at radius 1 is 1.27 bits per heavy atom. The van der Waals surface area contributed by atoms with Crippen LogP contribution in [-0.2, 0) is 0 Å². The fourth-order valence-corrected chi connectivity index (χ4v) is 2.62. The topological polar surface area (TPSA) is 126 Å². The number of aliphatic hydroxyl groups excluding tert-OH is 1. The lowest BCUT2D eigenvalue weighted by Gasteiger charge is -2.05. The van der Waals surface area contributed by atoms with Gasteiger partial charge in [0.1, 0.15) is 28.8 Å². The highest BCUT2D eigenvalue weighted by molar-refractivity contribution is 6.39. The number of hydrogen-bond donors (Lipinski definition) is 1. The molecule has 0 radical (unpaired) electrons. The van der Waals surface area contributed by atoms with Crippen molar-refractivity contribution in [3.8, 4) is 11.8 Å². The van der Waals surface area contributed by atoms with Crippen molar-refractivity contribution in [2.24, 2.45) is 4.99 Å². The van der Waals surface area contributed by atoms with Crippen LogP contribution in [0.4, 0.5) is 11.4 Å². The molecule has 0 amide bonds. The third-order valence-electron chi connectivity index (χ3n) is 3.84. The van der Waals surface area contributed by atoms with E-state index < -0.39 is 10.7 Å². The molecule has 0 heterocycles. The van der Waals surface area contributed by atoms with Crippen molar-refractivity contribution in [1.82, 2.24) is 0 Å². The molecule has 2 aromatic rings. The second kappa shape index (κ2) is 6.49. The van der Waals surface area contributed by atoms with Gasteiger partial charge in [0.15, 0.2) is 11.5 Å². The van der Waals surface area contributed by atoms with Gasteiger partial charge in [-0.3, -0.25) is 14.9 Å². The molecule has 0 saturated carbocycles. The van der Waals surface area contributed by atoms with Gasteiger partial charge in [-0.2, -0.15) is 5.26 Å². The van der Waals surface area contributed by atoms with Gasteiger partial charge < -0.3 is 9.84 Å². The van der Waals surface area contributed by atoms with E-state index in [-0.39, 0.29) is 39.7 Å². The molecule has 1 aliphatic rings. The summed E-state index contributed by atoms with van der Waals surface area (Å²) in [7, 11) is 1.35. The molecule has 0 saturated heterocycles. The third-order valence-corrected chi connectivity index (χ3v) is 3.84. The number of ether oxygens (including phenoxy) is 1. The first-order valence-corrected chi connectivity index (χ1v) is 7.37. The zero-order valence-corrected chi connectivity index (χ0v) is 13.5. The van der Waals surface area contributed by atoms with E-state index in [1.807, 2.05) is 0 Å². The first-order valence-electron chi connectivity index (χ1n) is 7.37. The van der Waals surface area contributed by atoms with Crippen LogP contribution in [0.25, 0.3) is 5.76 Å². The summed E-state index contributed by atoms with van der Waals surface area (Å²) in [6.45, 7) is 0. The molecule has 0 atom stereocenters. The van der Waals surface area contributed by atoms with E-state index in [0.29, 0.717) is 5.56 Å². The number of methoxy groups -OCH3 is 1. The monoisotopic (exact) mass is 349 g/mol. The molecule has 0 fully saturated rings. The van der Waals surface area contributed by atoms with Crippen LogP contribution in [0.5, 0.6) is 5.75 Å². The van der Waals surface area contributed by atoms with Crippen LogP contribution in [-0.4, -0.2) is 28.6 Å². The lowest BCUT2D eigenvalue weighted by atomic mass is 10.1. The molecule has 0 spiro atoms. The summed E-state index contributed by atoms with van der Waals surface area (Å²) in [5.41, 5.74) is -0.288. The van der Waals surface area contributed by atoms with Gasteiger partial charge in [0.25, 0.3) is 5.69 Å². The number of fused-ring (bicyclic) bond motifs is 1. The molecule has 1 aliphatic carbocycles. The zero-order valence-electron chi connectivity index (χ0n) is 13.5. The van der Waals surface area contributed by atoms with Crippen molar-refractivity contribution in [1.29, 1.82) is 5.26 Å². The molecule has 3 rings (SSSR count). The summed E-state index contributed by atoms with van der Waals surface area (Å²) in [5.74, 6) is -0.704. The van der Waals surface area contributed by atoms with Crippen LogP contribution in [0.15, 0.2) is 53.0 Å². The Kier molecular flexibility index (Phi) is 4.21. The summed E-state index contributed by atoms with van der Waals surface area (Å²) in [6, 6.07) is 11.8. The third kappa shape index (κ3) is 2.67. The van der Waals surface area contributed by atoms with Gasteiger partial charge in [0.05, 0.1) is 12.0 Å². The fraction of sp³-hybridized carbons (Fsp3) is 0.0556. The van der Waals surface area contributed by atoms with Gasteiger partial charge in [-0.1, -0.05) is 24.3 Å². The smallest absolute Gasteiger partial charge is 0.271 e. The number of carbonyl (C=O) groups excluding carboxylic acids is 1. The molecule has 0 aromatic heterocycles. The van der Waals surface area contributed by atoms with Crippen LogP contribution >= 0.6 is 0 Å². The number of benzene rings is 2. The number of rotatable bonds is 4. The second-order valence-corrected chi connectivity index (χ2v) is 5.28. The first-order chi connectivity index (χ1) is 12.5. The van der Waals surface area contributed by atoms with Gasteiger partial charge in [-0.25, -0.2) is 4.99 Å². The Bertz CT molecular complexity index is 1050. The number of ketones is 1. The molecule has 8 nitrogen and oxygen atoms in total. The fourth-order valence-electron chi connectivity index (χ4n) is 2.62. The van der Waals surface area contributed by atoms with Crippen molar-refractivity contribution in [2.45, 2.75) is 0 Å². The molecule has 1 N–H and O–H groups in total. The Morgan fingerprint density at radius 3 is 2.54 bits per heavy atom. The Balaban J connectivity index is 2.16. The Labute approximate surface area is 147 Å². The number of aliphatic hydroxyl groups is 1. The average molecular weight is 349 g/mol.